The van der Waals surface area contributed by atoms with Gasteiger partial charge in [-0.15, -0.1) is 0 Å². The number of rotatable bonds is 6. The summed E-state index contributed by atoms with van der Waals surface area (Å²) in [6.07, 6.45) is 7.41. The summed E-state index contributed by atoms with van der Waals surface area (Å²) in [5, 5.41) is 0.694. The Morgan fingerprint density at radius 2 is 2.07 bits per heavy atom. The minimum absolute atomic E-state index is 0.124. The Morgan fingerprint density at radius 1 is 1.34 bits per heavy atom. The van der Waals surface area contributed by atoms with Crippen LogP contribution in [0.15, 0.2) is 30.7 Å². The number of hydrogen-bond donors (Lipinski definition) is 1. The van der Waals surface area contributed by atoms with Gasteiger partial charge in [0.1, 0.15) is 5.69 Å². The SMILES string of the molecule is C[Si](OCC(C)(C)N1C=Cc2[nH]cc(C(=O)c3cc(Cl)ccn3)c2C1)C(C)(C)C. The molecule has 0 saturated heterocycles. The highest BCUT2D eigenvalue weighted by molar-refractivity contribution is 6.53. The van der Waals surface area contributed by atoms with E-state index in [9.17, 15) is 4.79 Å². The van der Waals surface area contributed by atoms with E-state index in [1.165, 1.54) is 0 Å². The normalized spacial score (nSPS) is 14.4. The highest BCUT2D eigenvalue weighted by Crippen LogP contribution is 2.32. The molecule has 1 radical (unpaired) electrons. The molecule has 0 unspecified atom stereocenters. The predicted molar refractivity (Wildman–Crippen MR) is 119 cm³/mol. The van der Waals surface area contributed by atoms with Crippen LogP contribution in [0.4, 0.5) is 0 Å². The molecule has 0 spiro atoms. The number of aromatic nitrogens is 2. The predicted octanol–water partition coefficient (Wildman–Crippen LogP) is 5.30. The monoisotopic (exact) mass is 430 g/mol. The van der Waals surface area contributed by atoms with Crippen molar-refractivity contribution in [2.75, 3.05) is 6.61 Å². The molecule has 0 amide bonds. The van der Waals surface area contributed by atoms with Gasteiger partial charge >= 0.3 is 0 Å². The van der Waals surface area contributed by atoms with E-state index in [2.05, 4.69) is 62.2 Å². The fourth-order valence-electron chi connectivity index (χ4n) is 3.05. The summed E-state index contributed by atoms with van der Waals surface area (Å²) in [7, 11) is -0.918. The summed E-state index contributed by atoms with van der Waals surface area (Å²) in [5.74, 6) is -0.124. The highest BCUT2D eigenvalue weighted by Gasteiger charge is 2.32. The third-order valence-electron chi connectivity index (χ3n) is 5.45. The number of halogens is 1. The fourth-order valence-corrected chi connectivity index (χ4v) is 4.21. The average Bonchev–Trinajstić information content (AvgIpc) is 3.08. The van der Waals surface area contributed by atoms with Gasteiger partial charge < -0.3 is 14.3 Å². The van der Waals surface area contributed by atoms with Crippen LogP contribution in [-0.4, -0.2) is 41.8 Å². The molecule has 2 aromatic rings. The molecule has 29 heavy (non-hydrogen) atoms. The van der Waals surface area contributed by atoms with Gasteiger partial charge in [-0.05, 0) is 43.6 Å². The lowest BCUT2D eigenvalue weighted by molar-refractivity contribution is 0.0974. The molecule has 0 aliphatic carbocycles. The van der Waals surface area contributed by atoms with Gasteiger partial charge in [0.25, 0.3) is 0 Å². The molecule has 5 nitrogen and oxygen atoms in total. The second-order valence-electron chi connectivity index (χ2n) is 9.13. The van der Waals surface area contributed by atoms with E-state index >= 15 is 0 Å². The second-order valence-corrected chi connectivity index (χ2v) is 12.5. The Bertz CT molecular complexity index is 930. The topological polar surface area (TPSA) is 58.2 Å². The van der Waals surface area contributed by atoms with Crippen molar-refractivity contribution in [2.24, 2.45) is 0 Å². The lowest BCUT2D eigenvalue weighted by Gasteiger charge is -2.41. The molecule has 0 saturated carbocycles. The van der Waals surface area contributed by atoms with Gasteiger partial charge in [0, 0.05) is 47.0 Å². The summed E-state index contributed by atoms with van der Waals surface area (Å²) in [6.45, 7) is 14.5. The van der Waals surface area contributed by atoms with Crippen LogP contribution in [0.5, 0.6) is 0 Å². The number of ketones is 1. The number of nitrogens with one attached hydrogen (secondary N) is 1. The molecule has 3 heterocycles. The van der Waals surface area contributed by atoms with Crippen molar-refractivity contribution >= 4 is 32.5 Å². The molecular weight excluding hydrogens is 402 g/mol. The highest BCUT2D eigenvalue weighted by atomic mass is 35.5. The summed E-state index contributed by atoms with van der Waals surface area (Å²) in [5.41, 5.74) is 2.72. The van der Waals surface area contributed by atoms with Crippen molar-refractivity contribution in [3.63, 3.8) is 0 Å². The number of hydrogen-bond acceptors (Lipinski definition) is 4. The van der Waals surface area contributed by atoms with Gasteiger partial charge in [0.2, 0.25) is 14.8 Å². The molecule has 155 valence electrons. The van der Waals surface area contributed by atoms with Crippen molar-refractivity contribution in [1.29, 1.82) is 0 Å². The number of H-pyrrole nitrogens is 1. The number of carbonyl (C=O) groups is 1. The van der Waals surface area contributed by atoms with Crippen LogP contribution in [0.3, 0.4) is 0 Å². The summed E-state index contributed by atoms with van der Waals surface area (Å²) in [4.78, 5) is 22.6. The van der Waals surface area contributed by atoms with E-state index in [-0.39, 0.29) is 16.4 Å². The van der Waals surface area contributed by atoms with Crippen LogP contribution in [0, 0.1) is 0 Å². The molecule has 1 N–H and O–H groups in total. The van der Waals surface area contributed by atoms with Crippen molar-refractivity contribution in [3.05, 3.63) is 58.3 Å². The zero-order valence-corrected chi connectivity index (χ0v) is 19.7. The summed E-state index contributed by atoms with van der Waals surface area (Å²) in [6, 6.07) is 3.27. The number of pyridine rings is 1. The molecule has 7 heteroatoms. The van der Waals surface area contributed by atoms with Gasteiger partial charge in [-0.25, -0.2) is 0 Å². The molecule has 2 aromatic heterocycles. The van der Waals surface area contributed by atoms with Gasteiger partial charge in [-0.1, -0.05) is 32.4 Å². The van der Waals surface area contributed by atoms with E-state index < -0.39 is 9.04 Å². The first-order valence-electron chi connectivity index (χ1n) is 9.77. The number of aromatic amines is 1. The average molecular weight is 431 g/mol. The van der Waals surface area contributed by atoms with Crippen molar-refractivity contribution < 1.29 is 9.22 Å². The van der Waals surface area contributed by atoms with Gasteiger partial charge in [0.15, 0.2) is 0 Å². The summed E-state index contributed by atoms with van der Waals surface area (Å²) < 4.78 is 6.28. The fraction of sp³-hybridized carbons (Fsp3) is 0.455. The van der Waals surface area contributed by atoms with Crippen LogP contribution in [0.25, 0.3) is 6.08 Å². The van der Waals surface area contributed by atoms with Gasteiger partial charge in [0.05, 0.1) is 12.1 Å². The maximum absolute atomic E-state index is 13.0. The third kappa shape index (κ3) is 4.82. The van der Waals surface area contributed by atoms with Crippen molar-refractivity contribution in [1.82, 2.24) is 14.9 Å². The van der Waals surface area contributed by atoms with Gasteiger partial charge in [-0.2, -0.15) is 0 Å². The number of nitrogens with zero attached hydrogens (tertiary/aromatic N) is 2. The van der Waals surface area contributed by atoms with E-state index in [0.717, 1.165) is 11.3 Å². The molecular formula is C22H29ClN3O2Si. The first-order chi connectivity index (χ1) is 13.5. The first kappa shape index (κ1) is 21.8. The van der Waals surface area contributed by atoms with Crippen LogP contribution < -0.4 is 0 Å². The minimum Gasteiger partial charge on any atom is -0.414 e. The van der Waals surface area contributed by atoms with Gasteiger partial charge in [-0.3, -0.25) is 9.78 Å². The lowest BCUT2D eigenvalue weighted by atomic mass is 9.98. The zero-order chi connectivity index (χ0) is 21.4. The summed E-state index contributed by atoms with van der Waals surface area (Å²) >= 11 is 6.04. The Balaban J connectivity index is 1.78. The molecule has 0 aromatic carbocycles. The van der Waals surface area contributed by atoms with Crippen LogP contribution >= 0.6 is 11.6 Å². The van der Waals surface area contributed by atoms with E-state index in [4.69, 9.17) is 16.0 Å². The Morgan fingerprint density at radius 3 is 2.72 bits per heavy atom. The molecule has 1 aliphatic heterocycles. The second kappa shape index (κ2) is 8.09. The van der Waals surface area contributed by atoms with Crippen molar-refractivity contribution in [3.8, 4) is 0 Å². The molecule has 0 bridgehead atoms. The zero-order valence-electron chi connectivity index (χ0n) is 18.0. The van der Waals surface area contributed by atoms with Crippen LogP contribution in [-0.2, 0) is 11.0 Å². The maximum Gasteiger partial charge on any atom is 0.213 e. The Labute approximate surface area is 179 Å². The minimum atomic E-state index is -0.918. The number of carbonyl (C=O) groups excluding carboxylic acids is 1. The largest absolute Gasteiger partial charge is 0.414 e. The van der Waals surface area contributed by atoms with Crippen LogP contribution in [0.2, 0.25) is 16.6 Å². The lowest BCUT2D eigenvalue weighted by Crippen LogP contribution is -2.46. The maximum atomic E-state index is 13.0. The Hall–Kier alpha value is -1.89. The quantitative estimate of drug-likeness (QED) is 0.499. The molecule has 3 rings (SSSR count). The third-order valence-corrected chi connectivity index (χ3v) is 8.37. The van der Waals surface area contributed by atoms with Crippen LogP contribution in [0.1, 0.15) is 61.9 Å². The number of fused-ring (bicyclic) bond motifs is 1. The molecule has 0 fully saturated rings. The van der Waals surface area contributed by atoms with E-state index in [1.807, 2.05) is 6.08 Å². The van der Waals surface area contributed by atoms with Crippen molar-refractivity contribution in [2.45, 2.75) is 58.3 Å². The van der Waals surface area contributed by atoms with E-state index in [0.29, 0.717) is 29.4 Å². The standard InChI is InChI=1S/C22H29ClN3O2Si/c1-21(2,3)29(6)28-14-22(4,5)26-10-8-18-17(13-26)16(12-25-18)20(27)19-11-15(23)7-9-24-19/h7-12,25H,13-14H2,1-6H3. The Kier molecular flexibility index (Phi) is 6.08. The molecule has 1 aliphatic rings. The molecule has 0 atom stereocenters. The van der Waals surface area contributed by atoms with E-state index in [1.54, 1.807) is 24.5 Å². The smallest absolute Gasteiger partial charge is 0.213 e. The first-order valence-corrected chi connectivity index (χ1v) is 12.1.